The Morgan fingerprint density at radius 2 is 2.11 bits per heavy atom. The zero-order valence-corrected chi connectivity index (χ0v) is 16.2. The number of rotatable bonds is 6. The lowest BCUT2D eigenvalue weighted by molar-refractivity contribution is -0.134. The van der Waals surface area contributed by atoms with E-state index < -0.39 is 6.61 Å². The predicted molar refractivity (Wildman–Crippen MR) is 103 cm³/mol. The van der Waals surface area contributed by atoms with Gasteiger partial charge < -0.3 is 20.3 Å². The van der Waals surface area contributed by atoms with E-state index in [-0.39, 0.29) is 17.7 Å². The van der Waals surface area contributed by atoms with Gasteiger partial charge in [0.05, 0.1) is 0 Å². The van der Waals surface area contributed by atoms with Crippen LogP contribution in [0.2, 0.25) is 0 Å². The number of guanidine groups is 1. The van der Waals surface area contributed by atoms with E-state index in [0.717, 1.165) is 44.2 Å². The molecule has 0 spiro atoms. The van der Waals surface area contributed by atoms with Crippen molar-refractivity contribution in [1.82, 2.24) is 15.5 Å². The molecule has 1 aliphatic heterocycles. The number of ether oxygens (including phenoxy) is 1. The molecule has 1 aliphatic carbocycles. The zero-order chi connectivity index (χ0) is 19.9. The van der Waals surface area contributed by atoms with Crippen LogP contribution in [0.3, 0.4) is 0 Å². The molecule has 3 rings (SSSR count). The van der Waals surface area contributed by atoms with Crippen LogP contribution in [0.15, 0.2) is 29.3 Å². The van der Waals surface area contributed by atoms with Gasteiger partial charge >= 0.3 is 6.61 Å². The SMILES string of the molecule is CN=C(NCc1cccc(OC(F)F)c1)NC1CCN(C(=O)C2CCCC2)C1. The van der Waals surface area contributed by atoms with E-state index in [2.05, 4.69) is 20.4 Å². The number of aliphatic imine (C=N–C) groups is 1. The first-order chi connectivity index (χ1) is 13.5. The molecular formula is C20H28F2N4O2. The first kappa shape index (κ1) is 20.4. The number of carbonyl (C=O) groups is 1. The van der Waals surface area contributed by atoms with E-state index in [1.54, 1.807) is 19.2 Å². The van der Waals surface area contributed by atoms with E-state index in [4.69, 9.17) is 0 Å². The number of amides is 1. The molecule has 1 atom stereocenters. The summed E-state index contributed by atoms with van der Waals surface area (Å²) in [4.78, 5) is 18.7. The molecule has 1 heterocycles. The standard InChI is InChI=1S/C20H28F2N4O2/c1-23-20(24-12-14-5-4-8-17(11-14)28-19(21)22)25-16-9-10-26(13-16)18(27)15-6-2-3-7-15/h4-5,8,11,15-16,19H,2-3,6-7,9-10,12-13H2,1H3,(H2,23,24,25). The van der Waals surface area contributed by atoms with Crippen molar-refractivity contribution >= 4 is 11.9 Å². The number of hydrogen-bond donors (Lipinski definition) is 2. The summed E-state index contributed by atoms with van der Waals surface area (Å²) < 4.78 is 29.1. The van der Waals surface area contributed by atoms with Gasteiger partial charge in [-0.15, -0.1) is 0 Å². The molecule has 0 radical (unpaired) electrons. The Bertz CT molecular complexity index is 693. The van der Waals surface area contributed by atoms with Crippen LogP contribution in [-0.4, -0.2) is 49.6 Å². The molecule has 2 N–H and O–H groups in total. The molecule has 1 saturated carbocycles. The number of nitrogens with zero attached hydrogens (tertiary/aromatic N) is 2. The second-order valence-corrected chi connectivity index (χ2v) is 7.35. The minimum Gasteiger partial charge on any atom is -0.435 e. The molecule has 154 valence electrons. The van der Waals surface area contributed by atoms with E-state index in [1.807, 2.05) is 11.0 Å². The third-order valence-corrected chi connectivity index (χ3v) is 5.35. The summed E-state index contributed by atoms with van der Waals surface area (Å²) in [6.45, 7) is -0.947. The second-order valence-electron chi connectivity index (χ2n) is 7.35. The summed E-state index contributed by atoms with van der Waals surface area (Å²) >= 11 is 0. The van der Waals surface area contributed by atoms with E-state index in [9.17, 15) is 13.6 Å². The highest BCUT2D eigenvalue weighted by Crippen LogP contribution is 2.27. The molecule has 1 aromatic rings. The third-order valence-electron chi connectivity index (χ3n) is 5.35. The molecule has 6 nitrogen and oxygen atoms in total. The molecule has 2 fully saturated rings. The number of alkyl halides is 2. The Balaban J connectivity index is 1.47. The van der Waals surface area contributed by atoms with Crippen LogP contribution >= 0.6 is 0 Å². The van der Waals surface area contributed by atoms with Gasteiger partial charge in [-0.25, -0.2) is 0 Å². The summed E-state index contributed by atoms with van der Waals surface area (Å²) in [5, 5.41) is 6.54. The average Bonchev–Trinajstić information content (AvgIpc) is 3.36. The van der Waals surface area contributed by atoms with Gasteiger partial charge in [0, 0.05) is 38.6 Å². The van der Waals surface area contributed by atoms with Crippen LogP contribution in [0.1, 0.15) is 37.7 Å². The maximum atomic E-state index is 12.6. The van der Waals surface area contributed by atoms with Crippen molar-refractivity contribution in [3.05, 3.63) is 29.8 Å². The minimum absolute atomic E-state index is 0.133. The van der Waals surface area contributed by atoms with Crippen molar-refractivity contribution in [2.24, 2.45) is 10.9 Å². The molecule has 1 saturated heterocycles. The normalized spacial score (nSPS) is 20.6. The van der Waals surface area contributed by atoms with E-state index in [1.165, 1.54) is 6.07 Å². The first-order valence-electron chi connectivity index (χ1n) is 9.85. The highest BCUT2D eigenvalue weighted by Gasteiger charge is 2.32. The zero-order valence-electron chi connectivity index (χ0n) is 16.2. The van der Waals surface area contributed by atoms with Gasteiger partial charge in [0.1, 0.15) is 5.75 Å². The highest BCUT2D eigenvalue weighted by molar-refractivity contribution is 5.81. The fourth-order valence-corrected chi connectivity index (χ4v) is 3.91. The Kier molecular flexibility index (Phi) is 7.06. The van der Waals surface area contributed by atoms with Crippen LogP contribution in [0, 0.1) is 5.92 Å². The largest absolute Gasteiger partial charge is 0.435 e. The number of likely N-dealkylation sites (tertiary alicyclic amines) is 1. The molecule has 0 bridgehead atoms. The van der Waals surface area contributed by atoms with Gasteiger partial charge in [-0.2, -0.15) is 8.78 Å². The molecular weight excluding hydrogens is 366 g/mol. The smallest absolute Gasteiger partial charge is 0.387 e. The summed E-state index contributed by atoms with van der Waals surface area (Å²) in [5.41, 5.74) is 0.811. The fraction of sp³-hybridized carbons (Fsp3) is 0.600. The van der Waals surface area contributed by atoms with Gasteiger partial charge in [0.25, 0.3) is 0 Å². The van der Waals surface area contributed by atoms with Gasteiger partial charge in [0.15, 0.2) is 5.96 Å². The summed E-state index contributed by atoms with van der Waals surface area (Å²) in [6, 6.07) is 6.73. The van der Waals surface area contributed by atoms with Crippen molar-refractivity contribution in [2.75, 3.05) is 20.1 Å². The Morgan fingerprint density at radius 3 is 2.82 bits per heavy atom. The minimum atomic E-state index is -2.84. The Morgan fingerprint density at radius 1 is 1.32 bits per heavy atom. The maximum Gasteiger partial charge on any atom is 0.387 e. The number of halogens is 2. The van der Waals surface area contributed by atoms with Crippen LogP contribution in [0.25, 0.3) is 0 Å². The van der Waals surface area contributed by atoms with Crippen LogP contribution in [0.5, 0.6) is 5.75 Å². The van der Waals surface area contributed by atoms with Gasteiger partial charge in [-0.05, 0) is 37.0 Å². The van der Waals surface area contributed by atoms with Crippen LogP contribution < -0.4 is 15.4 Å². The van der Waals surface area contributed by atoms with Crippen molar-refractivity contribution in [3.63, 3.8) is 0 Å². The molecule has 1 aromatic carbocycles. The summed E-state index contributed by atoms with van der Waals surface area (Å²) in [5.74, 6) is 1.26. The van der Waals surface area contributed by atoms with Gasteiger partial charge in [-0.3, -0.25) is 9.79 Å². The van der Waals surface area contributed by atoms with Crippen molar-refractivity contribution in [1.29, 1.82) is 0 Å². The van der Waals surface area contributed by atoms with E-state index in [0.29, 0.717) is 25.0 Å². The fourth-order valence-electron chi connectivity index (χ4n) is 3.91. The van der Waals surface area contributed by atoms with Crippen LogP contribution in [-0.2, 0) is 11.3 Å². The number of benzene rings is 1. The first-order valence-corrected chi connectivity index (χ1v) is 9.85. The predicted octanol–water partition coefficient (Wildman–Crippen LogP) is 2.74. The van der Waals surface area contributed by atoms with Gasteiger partial charge in [-0.1, -0.05) is 25.0 Å². The van der Waals surface area contributed by atoms with Gasteiger partial charge in [0.2, 0.25) is 5.91 Å². The summed E-state index contributed by atoms with van der Waals surface area (Å²) in [6.07, 6.45) is 5.24. The third kappa shape index (κ3) is 5.56. The lowest BCUT2D eigenvalue weighted by Gasteiger charge is -2.21. The van der Waals surface area contributed by atoms with Crippen LogP contribution in [0.4, 0.5) is 8.78 Å². The average molecular weight is 394 g/mol. The Hall–Kier alpha value is -2.38. The quantitative estimate of drug-likeness (QED) is 0.575. The molecule has 0 aromatic heterocycles. The van der Waals surface area contributed by atoms with Crippen molar-refractivity contribution in [2.45, 2.75) is 51.3 Å². The lowest BCUT2D eigenvalue weighted by Crippen LogP contribution is -2.45. The van der Waals surface area contributed by atoms with Crippen molar-refractivity contribution in [3.8, 4) is 5.75 Å². The molecule has 1 unspecified atom stereocenters. The molecule has 8 heteroatoms. The summed E-state index contributed by atoms with van der Waals surface area (Å²) in [7, 11) is 1.68. The number of nitrogens with one attached hydrogen (secondary N) is 2. The highest BCUT2D eigenvalue weighted by atomic mass is 19.3. The number of carbonyl (C=O) groups excluding carboxylic acids is 1. The monoisotopic (exact) mass is 394 g/mol. The lowest BCUT2D eigenvalue weighted by atomic mass is 10.1. The maximum absolute atomic E-state index is 12.6. The topological polar surface area (TPSA) is 66.0 Å². The van der Waals surface area contributed by atoms with Crippen molar-refractivity contribution < 1.29 is 18.3 Å². The molecule has 28 heavy (non-hydrogen) atoms. The van der Waals surface area contributed by atoms with E-state index >= 15 is 0 Å². The molecule has 1 amide bonds. The Labute approximate surface area is 164 Å². The number of hydrogen-bond acceptors (Lipinski definition) is 3. The second kappa shape index (κ2) is 9.71. The molecule has 2 aliphatic rings.